The number of nitrogens with zero attached hydrogens (tertiary/aromatic N) is 1. The molecule has 0 aromatic carbocycles. The number of fused-ring (bicyclic) bond motifs is 3. The van der Waals surface area contributed by atoms with Gasteiger partial charge < -0.3 is 61.4 Å². The van der Waals surface area contributed by atoms with Crippen LogP contribution in [0.15, 0.2) is 22.9 Å². The molecule has 16 heteroatoms. The van der Waals surface area contributed by atoms with Crippen LogP contribution in [0.25, 0.3) is 30.9 Å². The summed E-state index contributed by atoms with van der Waals surface area (Å²) in [5.41, 5.74) is 0.435. The Morgan fingerprint density at radius 1 is 0.344 bits per heavy atom. The van der Waals surface area contributed by atoms with Gasteiger partial charge in [0.15, 0.2) is 34.5 Å². The van der Waals surface area contributed by atoms with Gasteiger partial charge in [-0.25, -0.2) is 0 Å². The highest BCUT2D eigenvalue weighted by atomic mass is 32.1. The second-order valence-electron chi connectivity index (χ2n) is 29.4. The van der Waals surface area contributed by atoms with E-state index in [1.54, 1.807) is 34.0 Å². The molecule has 7 rings (SSSR count). The number of hydrogen-bond donors (Lipinski definition) is 0. The van der Waals surface area contributed by atoms with E-state index >= 15 is 0 Å². The van der Waals surface area contributed by atoms with Crippen molar-refractivity contribution in [3.05, 3.63) is 22.9 Å². The molecule has 7 heterocycles. The molecule has 0 N–H and O–H groups in total. The molecule has 0 saturated heterocycles. The zero-order chi connectivity index (χ0) is 68.6. The van der Waals surface area contributed by atoms with Gasteiger partial charge in [-0.1, -0.05) is 199 Å². The Hall–Kier alpha value is -3.06. The van der Waals surface area contributed by atoms with Crippen LogP contribution in [0.2, 0.25) is 0 Å². The van der Waals surface area contributed by atoms with Crippen molar-refractivity contribution < 1.29 is 56.8 Å². The number of rotatable bonds is 51. The van der Waals surface area contributed by atoms with Gasteiger partial charge in [0.25, 0.3) is 0 Å². The minimum atomic E-state index is -0.584. The predicted octanol–water partition coefficient (Wildman–Crippen LogP) is 21.9. The Morgan fingerprint density at radius 2 is 0.604 bits per heavy atom. The maximum Gasteiger partial charge on any atom is 0.182 e. The standard InChI is InChI=1S/C80H133NO12S3/c1-14-26-32-60(20-7)40-82-48-78(49-83-41-61(21-8)33-27-15-2)54-88-68-46-94-74(70(68)90-56-78)66-38-39-67(81(66)13)75-72-73(93-59-80(58-92-72,52-86-44-64(24-11)36-30-18-5)53-87-45-65(25-12)37-31-19-6)77(96-75)76-71-69(47-95-76)89-55-79(57-91-71,50-84-42-62(22-9)34-28-16-3)51-85-43-63(23-10)35-29-17-4/h38-39,46-47,60-65H,14-37,40-45,48-59H2,1-13H3. The second-order valence-corrected chi connectivity index (χ2v) is 32.2. The molecule has 0 amide bonds. The smallest absolute Gasteiger partial charge is 0.182 e. The lowest BCUT2D eigenvalue weighted by molar-refractivity contribution is -0.0716. The maximum atomic E-state index is 7.40. The van der Waals surface area contributed by atoms with Crippen LogP contribution in [0.4, 0.5) is 0 Å². The van der Waals surface area contributed by atoms with Crippen LogP contribution in [-0.2, 0) is 35.5 Å². The number of ether oxygens (including phenoxy) is 12. The summed E-state index contributed by atoms with van der Waals surface area (Å²) >= 11 is 4.99. The van der Waals surface area contributed by atoms with Crippen molar-refractivity contribution in [1.82, 2.24) is 4.57 Å². The third kappa shape index (κ3) is 23.2. The minimum Gasteiger partial charge on any atom is -0.488 e. The molecule has 3 aliphatic rings. The zero-order valence-corrected chi connectivity index (χ0v) is 65.0. The second kappa shape index (κ2) is 43.0. The Bertz CT molecular complexity index is 2670. The van der Waals surface area contributed by atoms with E-state index in [1.165, 1.54) is 103 Å². The maximum absolute atomic E-state index is 7.40. The van der Waals surface area contributed by atoms with Crippen LogP contribution >= 0.6 is 34.0 Å². The molecular weight excluding hydrogens is 1260 g/mol. The first-order chi connectivity index (χ1) is 46.9. The van der Waals surface area contributed by atoms with Gasteiger partial charge in [-0.3, -0.25) is 0 Å². The van der Waals surface area contributed by atoms with E-state index in [2.05, 4.69) is 118 Å². The topological polar surface area (TPSA) is 116 Å². The fraction of sp³-hybridized carbons (Fsp3) is 0.800. The Labute approximate surface area is 595 Å². The van der Waals surface area contributed by atoms with Gasteiger partial charge in [0, 0.05) is 57.4 Å². The number of hydrogen-bond acceptors (Lipinski definition) is 15. The van der Waals surface area contributed by atoms with E-state index in [0.29, 0.717) is 147 Å². The van der Waals surface area contributed by atoms with Gasteiger partial charge in [-0.05, 0) is 86.2 Å². The quantitative estimate of drug-likeness (QED) is 0.0419. The molecule has 0 fully saturated rings. The Morgan fingerprint density at radius 3 is 0.906 bits per heavy atom. The molecule has 0 aliphatic carbocycles. The monoisotopic (exact) mass is 1400 g/mol. The fourth-order valence-electron chi connectivity index (χ4n) is 13.6. The number of unbranched alkanes of at least 4 members (excludes halogenated alkanes) is 6. The minimum absolute atomic E-state index is 0.363. The third-order valence-electron chi connectivity index (χ3n) is 21.0. The van der Waals surface area contributed by atoms with Gasteiger partial charge in [-0.15, -0.1) is 34.0 Å². The van der Waals surface area contributed by atoms with Crippen LogP contribution in [0.5, 0.6) is 34.5 Å². The van der Waals surface area contributed by atoms with Crippen molar-refractivity contribution in [3.63, 3.8) is 0 Å². The molecule has 0 saturated carbocycles. The van der Waals surface area contributed by atoms with Crippen LogP contribution in [0, 0.1) is 51.8 Å². The SMILES string of the molecule is CCCCC(CC)COCC1(COCC(CC)CCCC)COc2csc(-c3sc(-c4ccc(-c5scc6c5OCC(COCC(CC)CCCC)(COCC(CC)CCCC)CO6)n4C)c4c3OCC(COCC(CC)CCCC)(COCC(CC)CCCC)CO4)c2OC1. The molecule has 6 atom stereocenters. The summed E-state index contributed by atoms with van der Waals surface area (Å²) in [6.45, 7) is 36.9. The number of aromatic nitrogens is 1. The zero-order valence-electron chi connectivity index (χ0n) is 62.5. The van der Waals surface area contributed by atoms with E-state index in [9.17, 15) is 0 Å². The molecule has 0 spiro atoms. The molecule has 3 aliphatic heterocycles. The summed E-state index contributed by atoms with van der Waals surface area (Å²) in [4.78, 5) is 3.89. The first kappa shape index (κ1) is 80.3. The van der Waals surface area contributed by atoms with Gasteiger partial charge in [0.05, 0.1) is 86.8 Å². The van der Waals surface area contributed by atoms with E-state index < -0.39 is 16.2 Å². The number of thiophene rings is 3. The largest absolute Gasteiger partial charge is 0.488 e. The molecule has 6 unspecified atom stereocenters. The van der Waals surface area contributed by atoms with Crippen molar-refractivity contribution in [2.45, 2.75) is 237 Å². The lowest BCUT2D eigenvalue weighted by Crippen LogP contribution is -2.43. The van der Waals surface area contributed by atoms with Crippen molar-refractivity contribution >= 4 is 34.0 Å². The first-order valence-corrected chi connectivity index (χ1v) is 41.2. The fourth-order valence-corrected chi connectivity index (χ4v) is 16.9. The molecule has 548 valence electrons. The Kier molecular flexibility index (Phi) is 36.0. The van der Waals surface area contributed by atoms with Crippen molar-refractivity contribution in [2.24, 2.45) is 58.8 Å². The van der Waals surface area contributed by atoms with Gasteiger partial charge in [0.2, 0.25) is 0 Å². The van der Waals surface area contributed by atoms with Crippen molar-refractivity contribution in [1.29, 1.82) is 0 Å². The average molecular weight is 1400 g/mol. The Balaban J connectivity index is 1.25. The highest BCUT2D eigenvalue weighted by Gasteiger charge is 2.44. The molecule has 13 nitrogen and oxygen atoms in total. The predicted molar refractivity (Wildman–Crippen MR) is 400 cm³/mol. The summed E-state index contributed by atoms with van der Waals surface area (Å²) in [6.07, 6.45) is 27.9. The highest BCUT2D eigenvalue weighted by molar-refractivity contribution is 7.24. The van der Waals surface area contributed by atoms with Crippen LogP contribution in [0.1, 0.15) is 237 Å². The van der Waals surface area contributed by atoms with Gasteiger partial charge in [0.1, 0.15) is 39.6 Å². The lowest BCUT2D eigenvalue weighted by atomic mass is 9.91. The van der Waals surface area contributed by atoms with E-state index in [1.807, 2.05) is 0 Å². The molecule has 0 radical (unpaired) electrons. The lowest BCUT2D eigenvalue weighted by Gasteiger charge is -2.32. The molecule has 4 aromatic heterocycles. The van der Waals surface area contributed by atoms with E-state index in [-0.39, 0.29) is 0 Å². The van der Waals surface area contributed by atoms with Crippen molar-refractivity contribution in [2.75, 3.05) is 119 Å². The van der Waals surface area contributed by atoms with Crippen LogP contribution < -0.4 is 28.4 Å². The summed E-state index contributed by atoms with van der Waals surface area (Å²) < 4.78 is 85.8. The van der Waals surface area contributed by atoms with Crippen LogP contribution in [-0.4, -0.2) is 123 Å². The van der Waals surface area contributed by atoms with Crippen molar-refractivity contribution in [3.8, 4) is 65.4 Å². The summed E-state index contributed by atoms with van der Waals surface area (Å²) in [6, 6.07) is 4.44. The first-order valence-electron chi connectivity index (χ1n) is 38.7. The molecule has 96 heavy (non-hydrogen) atoms. The van der Waals surface area contributed by atoms with E-state index in [0.717, 1.165) is 124 Å². The molecule has 4 aromatic rings. The highest BCUT2D eigenvalue weighted by Crippen LogP contribution is 2.60. The average Bonchev–Trinajstić information content (AvgIpc) is 1.61. The summed E-state index contributed by atoms with van der Waals surface area (Å²) in [5.74, 6) is 7.47. The normalized spacial score (nSPS) is 20.6. The van der Waals surface area contributed by atoms with E-state index in [4.69, 9.17) is 56.8 Å². The van der Waals surface area contributed by atoms with Crippen LogP contribution in [0.3, 0.4) is 0 Å². The molecular formula is C80H133NO12S3. The molecule has 0 bridgehead atoms. The third-order valence-corrected chi connectivity index (χ3v) is 24.3. The van der Waals surface area contributed by atoms with Gasteiger partial charge in [-0.2, -0.15) is 0 Å². The van der Waals surface area contributed by atoms with Gasteiger partial charge >= 0.3 is 0 Å². The summed E-state index contributed by atoms with van der Waals surface area (Å²) in [7, 11) is 2.16. The summed E-state index contributed by atoms with van der Waals surface area (Å²) in [5, 5.41) is 4.23.